The van der Waals surface area contributed by atoms with Gasteiger partial charge in [0.1, 0.15) is 11.6 Å². The molecule has 33 heavy (non-hydrogen) atoms. The summed E-state index contributed by atoms with van der Waals surface area (Å²) in [6.07, 6.45) is 1.80. The van der Waals surface area contributed by atoms with Gasteiger partial charge >= 0.3 is 0 Å². The van der Waals surface area contributed by atoms with Gasteiger partial charge in [-0.2, -0.15) is 9.97 Å². The second-order valence-electron chi connectivity index (χ2n) is 8.26. The van der Waals surface area contributed by atoms with E-state index in [1.165, 1.54) is 5.56 Å². The average Bonchev–Trinajstić information content (AvgIpc) is 2.88. The van der Waals surface area contributed by atoms with Gasteiger partial charge in [-0.25, -0.2) is 0 Å². The van der Waals surface area contributed by atoms with E-state index in [1.807, 2.05) is 30.3 Å². The van der Waals surface area contributed by atoms with Gasteiger partial charge in [0.15, 0.2) is 0 Å². The lowest BCUT2D eigenvalue weighted by Gasteiger charge is -2.28. The summed E-state index contributed by atoms with van der Waals surface area (Å²) in [4.78, 5) is 16.2. The van der Waals surface area contributed by atoms with Crippen LogP contribution in [0.1, 0.15) is 18.4 Å². The van der Waals surface area contributed by atoms with Crippen molar-refractivity contribution in [3.63, 3.8) is 0 Å². The number of aromatic nitrogens is 3. The molecule has 1 unspecified atom stereocenters. The minimum absolute atomic E-state index is 0.359. The zero-order valence-electron chi connectivity index (χ0n) is 18.7. The molecule has 7 heteroatoms. The molecule has 1 saturated heterocycles. The van der Waals surface area contributed by atoms with Crippen molar-refractivity contribution < 1.29 is 4.74 Å². The summed E-state index contributed by atoms with van der Waals surface area (Å²) >= 11 is 0. The Kier molecular flexibility index (Phi) is 6.30. The lowest BCUT2D eigenvalue weighted by atomic mass is 10.0. The number of hydrogen-bond acceptors (Lipinski definition) is 7. The Morgan fingerprint density at radius 2 is 1.82 bits per heavy atom. The van der Waals surface area contributed by atoms with Crippen LogP contribution in [0.2, 0.25) is 0 Å². The molecule has 5 rings (SSSR count). The molecule has 7 nitrogen and oxygen atoms in total. The Morgan fingerprint density at radius 3 is 2.67 bits per heavy atom. The maximum absolute atomic E-state index is 5.52. The van der Waals surface area contributed by atoms with Crippen LogP contribution in [0.25, 0.3) is 10.9 Å². The van der Waals surface area contributed by atoms with Gasteiger partial charge in [-0.15, -0.1) is 0 Å². The van der Waals surface area contributed by atoms with E-state index in [1.54, 1.807) is 6.20 Å². The molecule has 0 bridgehead atoms. The first-order chi connectivity index (χ1) is 16.2. The van der Waals surface area contributed by atoms with E-state index >= 15 is 0 Å². The number of hydrogen-bond donors (Lipinski definition) is 2. The minimum Gasteiger partial charge on any atom is -0.378 e. The fourth-order valence-corrected chi connectivity index (χ4v) is 3.97. The number of ether oxygens (including phenoxy) is 1. The molecule has 1 fully saturated rings. The predicted octanol–water partition coefficient (Wildman–Crippen LogP) is 4.82. The maximum Gasteiger partial charge on any atom is 0.231 e. The molecule has 1 aliphatic heterocycles. The Hall–Kier alpha value is -3.71. The van der Waals surface area contributed by atoms with E-state index in [0.717, 1.165) is 47.9 Å². The molecule has 2 aromatic heterocycles. The minimum atomic E-state index is 0.359. The van der Waals surface area contributed by atoms with Gasteiger partial charge in [0.2, 0.25) is 5.95 Å². The summed E-state index contributed by atoms with van der Waals surface area (Å²) in [6, 6.07) is 22.6. The molecule has 0 amide bonds. The number of rotatable bonds is 7. The number of nitrogens with zero attached hydrogens (tertiary/aromatic N) is 4. The normalized spacial score (nSPS) is 14.8. The number of fused-ring (bicyclic) bond motifs is 1. The molecule has 168 valence electrons. The molecule has 3 heterocycles. The van der Waals surface area contributed by atoms with E-state index < -0.39 is 0 Å². The molecule has 1 atom stereocenters. The monoisotopic (exact) mass is 440 g/mol. The number of benzene rings is 2. The Bertz CT molecular complexity index is 1210. The Balaban J connectivity index is 1.39. The second-order valence-corrected chi connectivity index (χ2v) is 8.26. The topological polar surface area (TPSA) is 75.2 Å². The molecule has 1 aliphatic rings. The zero-order valence-corrected chi connectivity index (χ0v) is 18.7. The maximum atomic E-state index is 5.52. The number of morpholine rings is 1. The van der Waals surface area contributed by atoms with Gasteiger partial charge in [0, 0.05) is 43.0 Å². The van der Waals surface area contributed by atoms with Crippen molar-refractivity contribution in [1.29, 1.82) is 0 Å². The summed E-state index contributed by atoms with van der Waals surface area (Å²) in [5.41, 5.74) is 3.19. The van der Waals surface area contributed by atoms with Crippen LogP contribution < -0.4 is 15.5 Å². The van der Waals surface area contributed by atoms with Gasteiger partial charge in [-0.05, 0) is 35.7 Å². The Morgan fingerprint density at radius 1 is 0.970 bits per heavy atom. The molecule has 0 saturated carbocycles. The van der Waals surface area contributed by atoms with Crippen LogP contribution in [0.5, 0.6) is 0 Å². The van der Waals surface area contributed by atoms with Gasteiger partial charge in [0.25, 0.3) is 0 Å². The summed E-state index contributed by atoms with van der Waals surface area (Å²) in [5.74, 6) is 2.63. The SMILES string of the molecule is CC(CNc1cc(N2CCOCC2)nc(Nc2ccc3ncccc3c2)n1)c1ccccc1. The van der Waals surface area contributed by atoms with E-state index in [4.69, 9.17) is 14.7 Å². The standard InChI is InChI=1S/C26H28N6O/c1-19(20-6-3-2-4-7-20)18-28-24-17-25(32-12-14-33-15-13-32)31-26(30-24)29-22-9-10-23-21(16-22)8-5-11-27-23/h2-11,16-17,19H,12-15,18H2,1H3,(H2,28,29,30,31). The van der Waals surface area contributed by atoms with Crippen molar-refractivity contribution in [2.24, 2.45) is 0 Å². The van der Waals surface area contributed by atoms with Gasteiger partial charge in [0.05, 0.1) is 18.7 Å². The summed E-state index contributed by atoms with van der Waals surface area (Å²) < 4.78 is 5.52. The smallest absolute Gasteiger partial charge is 0.231 e. The third kappa shape index (κ3) is 5.21. The van der Waals surface area contributed by atoms with Crippen molar-refractivity contribution in [3.05, 3.63) is 78.5 Å². The van der Waals surface area contributed by atoms with Crippen molar-refractivity contribution in [3.8, 4) is 0 Å². The van der Waals surface area contributed by atoms with Crippen LogP contribution in [0.3, 0.4) is 0 Å². The van der Waals surface area contributed by atoms with Crippen molar-refractivity contribution in [2.75, 3.05) is 48.4 Å². The highest BCUT2D eigenvalue weighted by Gasteiger charge is 2.16. The fraction of sp³-hybridized carbons (Fsp3) is 0.269. The van der Waals surface area contributed by atoms with Gasteiger partial charge in [-0.1, -0.05) is 43.3 Å². The van der Waals surface area contributed by atoms with Gasteiger partial charge in [-0.3, -0.25) is 4.98 Å². The molecule has 2 aromatic carbocycles. The summed E-state index contributed by atoms with van der Waals surface area (Å²) in [6.45, 7) is 6.05. The molecule has 4 aromatic rings. The highest BCUT2D eigenvalue weighted by molar-refractivity contribution is 5.82. The van der Waals surface area contributed by atoms with Crippen molar-refractivity contribution >= 4 is 34.2 Å². The van der Waals surface area contributed by atoms with E-state index in [9.17, 15) is 0 Å². The van der Waals surface area contributed by atoms with E-state index in [2.05, 4.69) is 63.8 Å². The molecular weight excluding hydrogens is 412 g/mol. The van der Waals surface area contributed by atoms with E-state index in [0.29, 0.717) is 25.1 Å². The number of nitrogens with one attached hydrogen (secondary N) is 2. The first-order valence-corrected chi connectivity index (χ1v) is 11.4. The molecule has 2 N–H and O–H groups in total. The van der Waals surface area contributed by atoms with Crippen LogP contribution >= 0.6 is 0 Å². The lowest BCUT2D eigenvalue weighted by Crippen LogP contribution is -2.37. The number of anilines is 4. The van der Waals surface area contributed by atoms with E-state index in [-0.39, 0.29) is 0 Å². The van der Waals surface area contributed by atoms with Crippen LogP contribution in [0.4, 0.5) is 23.3 Å². The molecule has 0 aliphatic carbocycles. The first-order valence-electron chi connectivity index (χ1n) is 11.4. The molecule has 0 spiro atoms. The lowest BCUT2D eigenvalue weighted by molar-refractivity contribution is 0.122. The molecular formula is C26H28N6O. The number of pyridine rings is 1. The average molecular weight is 441 g/mol. The third-order valence-electron chi connectivity index (χ3n) is 5.86. The van der Waals surface area contributed by atoms with Gasteiger partial charge < -0.3 is 20.3 Å². The third-order valence-corrected chi connectivity index (χ3v) is 5.86. The van der Waals surface area contributed by atoms with Crippen molar-refractivity contribution in [2.45, 2.75) is 12.8 Å². The quantitative estimate of drug-likeness (QED) is 0.427. The summed E-state index contributed by atoms with van der Waals surface area (Å²) in [5, 5.41) is 7.98. The van der Waals surface area contributed by atoms with Crippen LogP contribution in [-0.4, -0.2) is 47.8 Å². The van der Waals surface area contributed by atoms with Crippen LogP contribution in [-0.2, 0) is 4.74 Å². The van der Waals surface area contributed by atoms with Crippen LogP contribution in [0.15, 0.2) is 72.9 Å². The fourth-order valence-electron chi connectivity index (χ4n) is 3.97. The predicted molar refractivity (Wildman–Crippen MR) is 133 cm³/mol. The highest BCUT2D eigenvalue weighted by Crippen LogP contribution is 2.24. The first kappa shape index (κ1) is 21.2. The zero-order chi connectivity index (χ0) is 22.5. The highest BCUT2D eigenvalue weighted by atomic mass is 16.5. The van der Waals surface area contributed by atoms with Crippen molar-refractivity contribution in [1.82, 2.24) is 15.0 Å². The summed E-state index contributed by atoms with van der Waals surface area (Å²) in [7, 11) is 0. The van der Waals surface area contributed by atoms with Crippen LogP contribution in [0, 0.1) is 0 Å². The largest absolute Gasteiger partial charge is 0.378 e. The second kappa shape index (κ2) is 9.83. The molecule has 0 radical (unpaired) electrons. The Labute approximate surface area is 193 Å².